The number of carbonyl (C=O) groups excluding carboxylic acids is 1. The molecule has 2 N–H and O–H groups in total. The molecule has 2 aromatic carbocycles. The number of hydrazone groups is 1. The number of halogens is 1. The molecule has 0 saturated carbocycles. The van der Waals surface area contributed by atoms with Crippen molar-refractivity contribution in [2.75, 3.05) is 10.7 Å². The summed E-state index contributed by atoms with van der Waals surface area (Å²) in [5, 5.41) is 16.1. The molecule has 29 heavy (non-hydrogen) atoms. The summed E-state index contributed by atoms with van der Waals surface area (Å²) >= 11 is 5.82. The Labute approximate surface area is 171 Å². The van der Waals surface area contributed by atoms with E-state index in [1.165, 1.54) is 4.68 Å². The van der Waals surface area contributed by atoms with Gasteiger partial charge in [0.05, 0.1) is 17.1 Å². The van der Waals surface area contributed by atoms with Gasteiger partial charge in [-0.2, -0.15) is 10.4 Å². The van der Waals surface area contributed by atoms with Crippen molar-refractivity contribution in [1.82, 2.24) is 9.36 Å². The van der Waals surface area contributed by atoms with Crippen LogP contribution in [0.3, 0.4) is 0 Å². The quantitative estimate of drug-likeness (QED) is 0.500. The zero-order valence-corrected chi connectivity index (χ0v) is 16.4. The first-order chi connectivity index (χ1) is 13.9. The van der Waals surface area contributed by atoms with Gasteiger partial charge in [0.25, 0.3) is 11.5 Å². The number of amides is 1. The molecule has 1 amide bonds. The normalized spacial score (nSPS) is 11.0. The Balaban J connectivity index is 1.86. The van der Waals surface area contributed by atoms with E-state index in [0.717, 1.165) is 0 Å². The van der Waals surface area contributed by atoms with Gasteiger partial charge in [0.2, 0.25) is 5.71 Å². The molecule has 0 spiro atoms. The third kappa shape index (κ3) is 4.20. The van der Waals surface area contributed by atoms with Crippen molar-refractivity contribution in [2.24, 2.45) is 12.1 Å². The van der Waals surface area contributed by atoms with Gasteiger partial charge in [-0.25, -0.2) is 4.68 Å². The molecule has 0 bridgehead atoms. The molecule has 0 aliphatic rings. The van der Waals surface area contributed by atoms with Crippen LogP contribution in [-0.2, 0) is 11.8 Å². The van der Waals surface area contributed by atoms with Crippen molar-refractivity contribution in [3.63, 3.8) is 0 Å². The van der Waals surface area contributed by atoms with Crippen molar-refractivity contribution >= 4 is 34.6 Å². The van der Waals surface area contributed by atoms with Crippen LogP contribution in [-0.4, -0.2) is 21.0 Å². The molecule has 1 aromatic heterocycles. The van der Waals surface area contributed by atoms with E-state index in [9.17, 15) is 14.9 Å². The largest absolute Gasteiger partial charge is 0.314 e. The third-order valence-electron chi connectivity index (χ3n) is 4.25. The Morgan fingerprint density at radius 2 is 1.79 bits per heavy atom. The Morgan fingerprint density at radius 1 is 1.14 bits per heavy atom. The highest BCUT2D eigenvalue weighted by Gasteiger charge is 2.20. The van der Waals surface area contributed by atoms with Crippen LogP contribution in [0.4, 0.5) is 11.4 Å². The van der Waals surface area contributed by atoms with Crippen LogP contribution in [0.25, 0.3) is 5.69 Å². The van der Waals surface area contributed by atoms with Crippen LogP contribution < -0.4 is 16.3 Å². The van der Waals surface area contributed by atoms with Crippen molar-refractivity contribution in [1.29, 1.82) is 5.26 Å². The summed E-state index contributed by atoms with van der Waals surface area (Å²) in [7, 11) is 1.71. The smallest absolute Gasteiger partial charge is 0.295 e. The number of hydrogen-bond donors (Lipinski definition) is 2. The predicted molar refractivity (Wildman–Crippen MR) is 112 cm³/mol. The van der Waals surface area contributed by atoms with E-state index in [-0.39, 0.29) is 5.69 Å². The summed E-state index contributed by atoms with van der Waals surface area (Å²) < 4.78 is 3.06. The van der Waals surface area contributed by atoms with E-state index in [0.29, 0.717) is 22.1 Å². The van der Waals surface area contributed by atoms with E-state index in [2.05, 4.69) is 15.8 Å². The van der Waals surface area contributed by atoms with Gasteiger partial charge in [0, 0.05) is 12.1 Å². The number of nitriles is 1. The van der Waals surface area contributed by atoms with Gasteiger partial charge in [-0.05, 0) is 43.3 Å². The molecule has 3 rings (SSSR count). The third-order valence-corrected chi connectivity index (χ3v) is 4.51. The van der Waals surface area contributed by atoms with Gasteiger partial charge >= 0.3 is 0 Å². The first kappa shape index (κ1) is 19.9. The van der Waals surface area contributed by atoms with Crippen molar-refractivity contribution in [3.05, 3.63) is 75.7 Å². The zero-order chi connectivity index (χ0) is 21.0. The zero-order valence-electron chi connectivity index (χ0n) is 15.7. The maximum Gasteiger partial charge on any atom is 0.295 e. The van der Waals surface area contributed by atoms with Crippen LogP contribution in [0.2, 0.25) is 5.02 Å². The first-order valence-electron chi connectivity index (χ1n) is 8.57. The highest BCUT2D eigenvalue weighted by atomic mass is 35.5. The van der Waals surface area contributed by atoms with E-state index in [1.807, 2.05) is 18.2 Å². The molecule has 9 heteroatoms. The number of nitrogens with one attached hydrogen (secondary N) is 2. The number of benzene rings is 2. The van der Waals surface area contributed by atoms with Crippen molar-refractivity contribution in [3.8, 4) is 11.8 Å². The summed E-state index contributed by atoms with van der Waals surface area (Å²) in [6, 6.07) is 17.3. The van der Waals surface area contributed by atoms with Crippen molar-refractivity contribution in [2.45, 2.75) is 6.92 Å². The first-order valence-corrected chi connectivity index (χ1v) is 8.95. The Morgan fingerprint density at radius 3 is 2.41 bits per heavy atom. The summed E-state index contributed by atoms with van der Waals surface area (Å²) in [5.74, 6) is -0.792. The SMILES string of the molecule is Cc1c(NC(=O)/C(C#N)=N\Nc2ccc(Cl)cc2)c(=O)n(-c2ccccc2)n1C. The minimum Gasteiger partial charge on any atom is -0.314 e. The van der Waals surface area contributed by atoms with Crippen LogP contribution in [0.1, 0.15) is 5.69 Å². The highest BCUT2D eigenvalue weighted by molar-refractivity contribution is 6.48. The monoisotopic (exact) mass is 408 g/mol. The molecule has 0 unspecified atom stereocenters. The minimum atomic E-state index is -0.792. The number of rotatable bonds is 5. The molecule has 146 valence electrons. The lowest BCUT2D eigenvalue weighted by Crippen LogP contribution is -2.27. The topological polar surface area (TPSA) is 104 Å². The van der Waals surface area contributed by atoms with Gasteiger partial charge in [-0.1, -0.05) is 29.8 Å². The highest BCUT2D eigenvalue weighted by Crippen LogP contribution is 2.15. The van der Waals surface area contributed by atoms with Crippen LogP contribution in [0, 0.1) is 18.3 Å². The molecule has 3 aromatic rings. The van der Waals surface area contributed by atoms with Crippen LogP contribution in [0.5, 0.6) is 0 Å². The van der Waals surface area contributed by atoms with Gasteiger partial charge in [0.1, 0.15) is 11.8 Å². The van der Waals surface area contributed by atoms with Crippen molar-refractivity contribution < 1.29 is 4.79 Å². The number of hydrogen-bond acceptors (Lipinski definition) is 5. The number of anilines is 2. The molecule has 8 nitrogen and oxygen atoms in total. The average molecular weight is 409 g/mol. The van der Waals surface area contributed by atoms with Gasteiger partial charge in [-0.3, -0.25) is 19.7 Å². The number of para-hydroxylation sites is 1. The lowest BCUT2D eigenvalue weighted by Gasteiger charge is -2.07. The second kappa shape index (κ2) is 8.46. The minimum absolute atomic E-state index is 0.0794. The van der Waals surface area contributed by atoms with Crippen LogP contribution in [0.15, 0.2) is 64.5 Å². The fourth-order valence-electron chi connectivity index (χ4n) is 2.66. The van der Waals surface area contributed by atoms with Gasteiger partial charge < -0.3 is 5.32 Å². The summed E-state index contributed by atoms with van der Waals surface area (Å²) in [6.07, 6.45) is 0. The summed E-state index contributed by atoms with van der Waals surface area (Å²) in [6.45, 7) is 1.70. The lowest BCUT2D eigenvalue weighted by atomic mass is 10.3. The molecule has 0 radical (unpaired) electrons. The molecular weight excluding hydrogens is 392 g/mol. The van der Waals surface area contributed by atoms with E-state index in [1.54, 1.807) is 61.1 Å². The fraction of sp³-hybridized carbons (Fsp3) is 0.100. The predicted octanol–water partition coefficient (Wildman–Crippen LogP) is 3.07. The Bertz CT molecular complexity index is 1170. The molecule has 0 saturated heterocycles. The molecule has 1 heterocycles. The van der Waals surface area contributed by atoms with E-state index in [4.69, 9.17) is 11.6 Å². The lowest BCUT2D eigenvalue weighted by molar-refractivity contribution is -0.110. The maximum absolute atomic E-state index is 12.8. The van der Waals surface area contributed by atoms with E-state index >= 15 is 0 Å². The second-order valence-corrected chi connectivity index (χ2v) is 6.52. The Kier molecular flexibility index (Phi) is 5.81. The van der Waals surface area contributed by atoms with Gasteiger partial charge in [0.15, 0.2) is 0 Å². The molecule has 0 fully saturated rings. The average Bonchev–Trinajstić information content (AvgIpc) is 2.93. The fourth-order valence-corrected chi connectivity index (χ4v) is 2.78. The standard InChI is InChI=1S/C20H17ClN6O2/c1-13-18(20(29)27(26(13)2)16-6-4-3-5-7-16)23-19(28)17(12-22)25-24-15-10-8-14(21)9-11-15/h3-11,24H,1-2H3,(H,23,28)/b25-17-. The van der Waals surface area contributed by atoms with Crippen LogP contribution >= 0.6 is 11.6 Å². The number of carbonyl (C=O) groups is 1. The summed E-state index contributed by atoms with van der Waals surface area (Å²) in [5.41, 5.74) is 3.61. The summed E-state index contributed by atoms with van der Waals surface area (Å²) in [4.78, 5) is 25.3. The number of aromatic nitrogens is 2. The maximum atomic E-state index is 12.8. The van der Waals surface area contributed by atoms with Gasteiger partial charge in [-0.15, -0.1) is 0 Å². The molecular formula is C20H17ClN6O2. The molecule has 0 atom stereocenters. The number of nitrogens with zero attached hydrogens (tertiary/aromatic N) is 4. The molecule has 0 aliphatic carbocycles. The Hall–Kier alpha value is -3.83. The second-order valence-electron chi connectivity index (χ2n) is 6.08. The molecule has 0 aliphatic heterocycles. The van der Waals surface area contributed by atoms with E-state index < -0.39 is 17.2 Å².